The number of benzene rings is 2. The molecule has 0 spiro atoms. The largest absolute Gasteiger partial charge is 0.496 e. The predicted octanol–water partition coefficient (Wildman–Crippen LogP) is 3.70. The number of amides is 1. The first kappa shape index (κ1) is 20.1. The zero-order chi connectivity index (χ0) is 21.4. The Morgan fingerprint density at radius 3 is 2.23 bits per heavy atom. The van der Waals surface area contributed by atoms with Crippen molar-refractivity contribution in [2.75, 3.05) is 32.8 Å². The van der Waals surface area contributed by atoms with Gasteiger partial charge in [0.05, 0.1) is 32.6 Å². The van der Waals surface area contributed by atoms with Gasteiger partial charge >= 0.3 is 5.97 Å². The monoisotopic (exact) mass is 429 g/mol. The highest BCUT2D eigenvalue weighted by Crippen LogP contribution is 2.47. The smallest absolute Gasteiger partial charge is 0.336 e. The molecule has 1 atom stereocenters. The van der Waals surface area contributed by atoms with Gasteiger partial charge in [-0.15, -0.1) is 0 Å². The van der Waals surface area contributed by atoms with Crippen LogP contribution >= 0.6 is 11.6 Å². The van der Waals surface area contributed by atoms with E-state index in [0.29, 0.717) is 44.8 Å². The maximum atomic E-state index is 13.2. The third-order valence-corrected chi connectivity index (χ3v) is 5.57. The lowest BCUT2D eigenvalue weighted by atomic mass is 9.83. The van der Waals surface area contributed by atoms with Gasteiger partial charge in [-0.1, -0.05) is 11.6 Å². The van der Waals surface area contributed by atoms with E-state index in [9.17, 15) is 9.59 Å². The van der Waals surface area contributed by atoms with Crippen molar-refractivity contribution in [1.82, 2.24) is 0 Å². The second-order valence-electron chi connectivity index (χ2n) is 6.85. The van der Waals surface area contributed by atoms with Crippen LogP contribution in [0.25, 0.3) is 0 Å². The topological polar surface area (TPSA) is 74.3 Å². The molecule has 30 heavy (non-hydrogen) atoms. The fraction of sp³-hybridized carbons (Fsp3) is 0.273. The van der Waals surface area contributed by atoms with Gasteiger partial charge in [0.25, 0.3) is 0 Å². The van der Waals surface area contributed by atoms with Crippen molar-refractivity contribution < 1.29 is 28.5 Å². The second kappa shape index (κ2) is 7.91. The van der Waals surface area contributed by atoms with Crippen LogP contribution in [0.15, 0.2) is 47.7 Å². The zero-order valence-electron chi connectivity index (χ0n) is 16.7. The molecular weight excluding hydrogens is 410 g/mol. The van der Waals surface area contributed by atoms with Crippen LogP contribution in [-0.2, 0) is 14.3 Å². The number of rotatable bonds is 5. The van der Waals surface area contributed by atoms with Gasteiger partial charge in [0.2, 0.25) is 5.91 Å². The summed E-state index contributed by atoms with van der Waals surface area (Å²) in [6.07, 6.45) is 0.0718. The first-order chi connectivity index (χ1) is 14.5. The van der Waals surface area contributed by atoms with Crippen molar-refractivity contribution in [2.24, 2.45) is 0 Å². The van der Waals surface area contributed by atoms with Crippen molar-refractivity contribution in [3.8, 4) is 17.2 Å². The maximum Gasteiger partial charge on any atom is 0.336 e. The normalized spacial score (nSPS) is 18.3. The molecule has 2 aromatic rings. The lowest BCUT2D eigenvalue weighted by Gasteiger charge is -2.32. The standard InChI is InChI=1S/C22H20ClNO6/c1-27-17-10-19(29-3)18(28-2)8-14(17)15-9-20(25)24(13-6-4-12(23)5-7-13)16-11-30-22(26)21(15)16/h4-8,10,15H,9,11H2,1-3H3. The summed E-state index contributed by atoms with van der Waals surface area (Å²) in [7, 11) is 4.58. The predicted molar refractivity (Wildman–Crippen MR) is 110 cm³/mol. The summed E-state index contributed by atoms with van der Waals surface area (Å²) < 4.78 is 21.6. The Hall–Kier alpha value is -3.19. The molecule has 2 heterocycles. The Morgan fingerprint density at radius 2 is 1.60 bits per heavy atom. The third kappa shape index (κ3) is 3.25. The Bertz CT molecular complexity index is 1050. The van der Waals surface area contributed by atoms with E-state index < -0.39 is 11.9 Å². The van der Waals surface area contributed by atoms with Crippen LogP contribution in [0.3, 0.4) is 0 Å². The van der Waals surface area contributed by atoms with Gasteiger partial charge in [-0.3, -0.25) is 9.69 Å². The number of cyclic esters (lactones) is 1. The summed E-state index contributed by atoms with van der Waals surface area (Å²) in [6, 6.07) is 10.3. The lowest BCUT2D eigenvalue weighted by molar-refractivity contribution is -0.136. The lowest BCUT2D eigenvalue weighted by Crippen LogP contribution is -2.37. The molecule has 1 amide bonds. The summed E-state index contributed by atoms with van der Waals surface area (Å²) in [5, 5.41) is 0.559. The number of ether oxygens (including phenoxy) is 4. The van der Waals surface area contributed by atoms with Crippen LogP contribution in [0.2, 0.25) is 5.02 Å². The third-order valence-electron chi connectivity index (χ3n) is 5.31. The molecule has 156 valence electrons. The first-order valence-corrected chi connectivity index (χ1v) is 9.64. The van der Waals surface area contributed by atoms with E-state index in [1.807, 2.05) is 0 Å². The van der Waals surface area contributed by atoms with E-state index in [1.54, 1.807) is 36.4 Å². The van der Waals surface area contributed by atoms with Gasteiger partial charge in [0.15, 0.2) is 11.5 Å². The molecule has 2 aliphatic heterocycles. The molecule has 1 unspecified atom stereocenters. The average Bonchev–Trinajstić information content (AvgIpc) is 3.14. The maximum absolute atomic E-state index is 13.2. The van der Waals surface area contributed by atoms with Crippen LogP contribution in [-0.4, -0.2) is 39.8 Å². The molecule has 0 bridgehead atoms. The van der Waals surface area contributed by atoms with Gasteiger partial charge in [-0.25, -0.2) is 4.79 Å². The summed E-state index contributed by atoms with van der Waals surface area (Å²) in [5.41, 5.74) is 2.26. The zero-order valence-corrected chi connectivity index (χ0v) is 17.5. The van der Waals surface area contributed by atoms with E-state index in [-0.39, 0.29) is 18.9 Å². The van der Waals surface area contributed by atoms with Gasteiger partial charge in [0, 0.05) is 34.7 Å². The Kier molecular flexibility index (Phi) is 5.30. The number of carbonyl (C=O) groups excluding carboxylic acids is 2. The van der Waals surface area contributed by atoms with Crippen molar-refractivity contribution in [3.05, 3.63) is 58.3 Å². The fourth-order valence-corrected chi connectivity index (χ4v) is 4.06. The summed E-state index contributed by atoms with van der Waals surface area (Å²) in [6.45, 7) is 0.0225. The van der Waals surface area contributed by atoms with Crippen LogP contribution in [0, 0.1) is 0 Å². The highest BCUT2D eigenvalue weighted by Gasteiger charge is 2.44. The first-order valence-electron chi connectivity index (χ1n) is 9.27. The van der Waals surface area contributed by atoms with Crippen LogP contribution in [0.1, 0.15) is 17.9 Å². The number of anilines is 1. The van der Waals surface area contributed by atoms with Gasteiger partial charge in [0.1, 0.15) is 12.4 Å². The van der Waals surface area contributed by atoms with Crippen LogP contribution < -0.4 is 19.1 Å². The van der Waals surface area contributed by atoms with Gasteiger partial charge in [-0.05, 0) is 30.3 Å². The molecule has 8 heteroatoms. The molecule has 0 saturated carbocycles. The van der Waals surface area contributed by atoms with E-state index in [2.05, 4.69) is 0 Å². The number of esters is 1. The molecule has 0 aliphatic carbocycles. The molecule has 0 saturated heterocycles. The van der Waals surface area contributed by atoms with E-state index in [1.165, 1.54) is 26.2 Å². The molecular formula is C22H20ClNO6. The van der Waals surface area contributed by atoms with E-state index in [0.717, 1.165) is 0 Å². The number of halogens is 1. The number of methoxy groups -OCH3 is 3. The Morgan fingerprint density at radius 1 is 0.967 bits per heavy atom. The van der Waals surface area contributed by atoms with Crippen molar-refractivity contribution in [3.63, 3.8) is 0 Å². The molecule has 2 aliphatic rings. The SMILES string of the molecule is COc1cc(OC)c(C2CC(=O)N(c3ccc(Cl)cc3)C3=C2C(=O)OC3)cc1OC. The minimum Gasteiger partial charge on any atom is -0.496 e. The summed E-state index contributed by atoms with van der Waals surface area (Å²) in [4.78, 5) is 27.4. The average molecular weight is 430 g/mol. The molecule has 0 radical (unpaired) electrons. The molecule has 2 aromatic carbocycles. The van der Waals surface area contributed by atoms with E-state index in [4.69, 9.17) is 30.5 Å². The quantitative estimate of drug-likeness (QED) is 0.675. The van der Waals surface area contributed by atoms with Gasteiger partial charge in [-0.2, -0.15) is 0 Å². The molecule has 0 fully saturated rings. The fourth-order valence-electron chi connectivity index (χ4n) is 3.93. The molecule has 0 aromatic heterocycles. The van der Waals surface area contributed by atoms with Crippen molar-refractivity contribution in [1.29, 1.82) is 0 Å². The second-order valence-corrected chi connectivity index (χ2v) is 7.28. The highest BCUT2D eigenvalue weighted by atomic mass is 35.5. The molecule has 7 nitrogen and oxygen atoms in total. The minimum absolute atomic E-state index is 0.0225. The van der Waals surface area contributed by atoms with Gasteiger partial charge < -0.3 is 18.9 Å². The Labute approximate surface area is 178 Å². The number of hydrogen-bond donors (Lipinski definition) is 0. The van der Waals surface area contributed by atoms with Crippen molar-refractivity contribution >= 4 is 29.2 Å². The molecule has 4 rings (SSSR count). The van der Waals surface area contributed by atoms with Crippen molar-refractivity contribution in [2.45, 2.75) is 12.3 Å². The van der Waals surface area contributed by atoms with E-state index >= 15 is 0 Å². The summed E-state index contributed by atoms with van der Waals surface area (Å²) in [5.74, 6) is 0.341. The van der Waals surface area contributed by atoms with Crippen LogP contribution in [0.4, 0.5) is 5.69 Å². The number of nitrogens with zero attached hydrogens (tertiary/aromatic N) is 1. The summed E-state index contributed by atoms with van der Waals surface area (Å²) >= 11 is 5.98. The minimum atomic E-state index is -0.527. The highest BCUT2D eigenvalue weighted by molar-refractivity contribution is 6.30. The number of carbonyl (C=O) groups is 2. The molecule has 0 N–H and O–H groups in total. The van der Waals surface area contributed by atoms with Crippen LogP contribution in [0.5, 0.6) is 17.2 Å². The Balaban J connectivity index is 1.86. The number of hydrogen-bond acceptors (Lipinski definition) is 6.